The van der Waals surface area contributed by atoms with Gasteiger partial charge in [0.1, 0.15) is 6.04 Å². The Kier molecular flexibility index (Phi) is 4.57. The fourth-order valence-corrected chi connectivity index (χ4v) is 3.22. The molecule has 2 aromatic heterocycles. The highest BCUT2D eigenvalue weighted by molar-refractivity contribution is 7.12. The van der Waals surface area contributed by atoms with Gasteiger partial charge in [-0.25, -0.2) is 0 Å². The molecule has 0 aliphatic rings. The topological polar surface area (TPSA) is 68.0 Å². The number of thiophene rings is 1. The van der Waals surface area contributed by atoms with E-state index in [0.717, 1.165) is 11.1 Å². The third kappa shape index (κ3) is 3.41. The van der Waals surface area contributed by atoms with Crippen molar-refractivity contribution in [2.45, 2.75) is 6.04 Å². The highest BCUT2D eigenvalue weighted by Gasteiger charge is 2.24. The fourth-order valence-electron chi connectivity index (χ4n) is 2.59. The van der Waals surface area contributed by atoms with E-state index in [2.05, 4.69) is 15.5 Å². The van der Waals surface area contributed by atoms with Crippen molar-refractivity contribution in [1.82, 2.24) is 15.5 Å². The number of hydrogen-bond acceptors (Lipinski definition) is 5. The number of aromatic nitrogens is 2. The minimum absolute atomic E-state index is 0.173. The Hall–Kier alpha value is -3.25. The molecule has 4 aromatic rings. The van der Waals surface area contributed by atoms with Gasteiger partial charge in [0.05, 0.1) is 4.88 Å². The van der Waals surface area contributed by atoms with Gasteiger partial charge in [-0.2, -0.15) is 0 Å². The molecule has 26 heavy (non-hydrogen) atoms. The summed E-state index contributed by atoms with van der Waals surface area (Å²) < 4.78 is 5.87. The van der Waals surface area contributed by atoms with Crippen LogP contribution in [-0.2, 0) is 0 Å². The number of amides is 1. The van der Waals surface area contributed by atoms with Gasteiger partial charge >= 0.3 is 0 Å². The van der Waals surface area contributed by atoms with E-state index >= 15 is 0 Å². The Bertz CT molecular complexity index is 982. The normalized spacial score (nSPS) is 11.8. The lowest BCUT2D eigenvalue weighted by molar-refractivity contribution is 0.0942. The van der Waals surface area contributed by atoms with Gasteiger partial charge in [-0.05, 0) is 29.1 Å². The molecule has 0 radical (unpaired) electrons. The standard InChI is InChI=1S/C20H15N3O2S/c24-18(16-12-7-13-26-16)21-17(14-8-3-1-4-9-14)20-23-22-19(25-20)15-10-5-2-6-11-15/h1-13,17H,(H,21,24). The van der Waals surface area contributed by atoms with Crippen molar-refractivity contribution in [3.8, 4) is 11.5 Å². The molecule has 128 valence electrons. The summed E-state index contributed by atoms with van der Waals surface area (Å²) in [5, 5.41) is 13.2. The Morgan fingerprint density at radius 1 is 0.923 bits per heavy atom. The highest BCUT2D eigenvalue weighted by atomic mass is 32.1. The van der Waals surface area contributed by atoms with Crippen molar-refractivity contribution < 1.29 is 9.21 Å². The van der Waals surface area contributed by atoms with E-state index in [4.69, 9.17) is 4.42 Å². The number of carbonyl (C=O) groups is 1. The molecule has 0 bridgehead atoms. The predicted octanol–water partition coefficient (Wildman–Crippen LogP) is 4.32. The summed E-state index contributed by atoms with van der Waals surface area (Å²) in [6.45, 7) is 0. The molecule has 1 unspecified atom stereocenters. The van der Waals surface area contributed by atoms with Gasteiger partial charge in [0.2, 0.25) is 11.8 Å². The molecule has 2 heterocycles. The van der Waals surface area contributed by atoms with Gasteiger partial charge < -0.3 is 9.73 Å². The molecular formula is C20H15N3O2S. The zero-order valence-corrected chi connectivity index (χ0v) is 14.5. The smallest absolute Gasteiger partial charge is 0.262 e. The average molecular weight is 361 g/mol. The number of rotatable bonds is 5. The summed E-state index contributed by atoms with van der Waals surface area (Å²) in [4.78, 5) is 13.2. The lowest BCUT2D eigenvalue weighted by Crippen LogP contribution is -2.29. The quantitative estimate of drug-likeness (QED) is 0.575. The minimum Gasteiger partial charge on any atom is -0.418 e. The van der Waals surface area contributed by atoms with Gasteiger partial charge in [-0.3, -0.25) is 4.79 Å². The number of carbonyl (C=O) groups excluding carboxylic acids is 1. The van der Waals surface area contributed by atoms with E-state index in [1.54, 1.807) is 6.07 Å². The number of nitrogens with one attached hydrogen (secondary N) is 1. The maximum atomic E-state index is 12.5. The first-order valence-corrected chi connectivity index (χ1v) is 8.97. The Balaban J connectivity index is 1.67. The monoisotopic (exact) mass is 361 g/mol. The molecule has 1 atom stereocenters. The first-order chi connectivity index (χ1) is 12.8. The van der Waals surface area contributed by atoms with E-state index in [1.807, 2.05) is 72.1 Å². The molecule has 1 N–H and O–H groups in total. The maximum absolute atomic E-state index is 12.5. The summed E-state index contributed by atoms with van der Waals surface area (Å²) in [6.07, 6.45) is 0. The average Bonchev–Trinajstić information content (AvgIpc) is 3.39. The van der Waals surface area contributed by atoms with Gasteiger partial charge in [-0.1, -0.05) is 54.6 Å². The van der Waals surface area contributed by atoms with E-state index in [9.17, 15) is 4.79 Å². The second-order valence-corrected chi connectivity index (χ2v) is 6.55. The van der Waals surface area contributed by atoms with Gasteiger partial charge in [0.25, 0.3) is 5.91 Å². The number of benzene rings is 2. The van der Waals surface area contributed by atoms with Gasteiger partial charge in [0.15, 0.2) is 0 Å². The Labute approximate surface area is 154 Å². The largest absolute Gasteiger partial charge is 0.418 e. The molecule has 4 rings (SSSR count). The predicted molar refractivity (Wildman–Crippen MR) is 99.8 cm³/mol. The third-order valence-electron chi connectivity index (χ3n) is 3.86. The molecule has 0 aliphatic heterocycles. The molecular weight excluding hydrogens is 346 g/mol. The van der Waals surface area contributed by atoms with Gasteiger partial charge in [0, 0.05) is 5.56 Å². The van der Waals surface area contributed by atoms with Crippen molar-refractivity contribution in [1.29, 1.82) is 0 Å². The number of hydrogen-bond donors (Lipinski definition) is 1. The van der Waals surface area contributed by atoms with Crippen LogP contribution < -0.4 is 5.32 Å². The first-order valence-electron chi connectivity index (χ1n) is 8.09. The summed E-state index contributed by atoms with van der Waals surface area (Å²) in [7, 11) is 0. The Morgan fingerprint density at radius 3 is 2.35 bits per heavy atom. The molecule has 0 fully saturated rings. The first kappa shape index (κ1) is 16.2. The zero-order valence-electron chi connectivity index (χ0n) is 13.7. The summed E-state index contributed by atoms with van der Waals surface area (Å²) in [5.41, 5.74) is 1.71. The second-order valence-electron chi connectivity index (χ2n) is 5.61. The molecule has 0 aliphatic carbocycles. The van der Waals surface area contributed by atoms with Crippen molar-refractivity contribution in [2.24, 2.45) is 0 Å². The summed E-state index contributed by atoms with van der Waals surface area (Å²) >= 11 is 1.39. The maximum Gasteiger partial charge on any atom is 0.262 e. The Morgan fingerprint density at radius 2 is 1.65 bits per heavy atom. The third-order valence-corrected chi connectivity index (χ3v) is 4.73. The van der Waals surface area contributed by atoms with Crippen LogP contribution in [-0.4, -0.2) is 16.1 Å². The van der Waals surface area contributed by atoms with Crippen LogP contribution in [0.15, 0.2) is 82.6 Å². The SMILES string of the molecule is O=C(NC(c1ccccc1)c1nnc(-c2ccccc2)o1)c1cccs1. The molecule has 0 saturated heterocycles. The van der Waals surface area contributed by atoms with Crippen molar-refractivity contribution in [2.75, 3.05) is 0 Å². The van der Waals surface area contributed by atoms with Gasteiger partial charge in [-0.15, -0.1) is 21.5 Å². The van der Waals surface area contributed by atoms with Crippen molar-refractivity contribution in [3.63, 3.8) is 0 Å². The van der Waals surface area contributed by atoms with Crippen LogP contribution in [0, 0.1) is 0 Å². The second kappa shape index (κ2) is 7.33. The lowest BCUT2D eigenvalue weighted by Gasteiger charge is -2.15. The molecule has 1 amide bonds. The summed E-state index contributed by atoms with van der Waals surface area (Å²) in [6, 6.07) is 22.2. The van der Waals surface area contributed by atoms with Crippen LogP contribution >= 0.6 is 11.3 Å². The minimum atomic E-state index is -0.518. The van der Waals surface area contributed by atoms with Crippen LogP contribution in [0.1, 0.15) is 27.2 Å². The van der Waals surface area contributed by atoms with E-state index in [0.29, 0.717) is 16.7 Å². The molecule has 0 spiro atoms. The van der Waals surface area contributed by atoms with Crippen LogP contribution in [0.2, 0.25) is 0 Å². The molecule has 2 aromatic carbocycles. The van der Waals surface area contributed by atoms with E-state index in [-0.39, 0.29) is 5.91 Å². The van der Waals surface area contributed by atoms with Crippen LogP contribution in [0.3, 0.4) is 0 Å². The molecule has 6 heteroatoms. The van der Waals surface area contributed by atoms with Crippen molar-refractivity contribution in [3.05, 3.63) is 94.5 Å². The highest BCUT2D eigenvalue weighted by Crippen LogP contribution is 2.25. The number of nitrogens with zero attached hydrogens (tertiary/aromatic N) is 2. The molecule has 0 saturated carbocycles. The van der Waals surface area contributed by atoms with Crippen LogP contribution in [0.5, 0.6) is 0 Å². The zero-order chi connectivity index (χ0) is 17.8. The summed E-state index contributed by atoms with van der Waals surface area (Å²) in [5.74, 6) is 0.597. The molecule has 5 nitrogen and oxygen atoms in total. The lowest BCUT2D eigenvalue weighted by atomic mass is 10.1. The van der Waals surface area contributed by atoms with E-state index in [1.165, 1.54) is 11.3 Å². The van der Waals surface area contributed by atoms with Crippen molar-refractivity contribution >= 4 is 17.2 Å². The van der Waals surface area contributed by atoms with E-state index < -0.39 is 6.04 Å². The van der Waals surface area contributed by atoms with Crippen LogP contribution in [0.25, 0.3) is 11.5 Å². The van der Waals surface area contributed by atoms with Crippen LogP contribution in [0.4, 0.5) is 0 Å². The fraction of sp³-hybridized carbons (Fsp3) is 0.0500.